The van der Waals surface area contributed by atoms with E-state index in [2.05, 4.69) is 0 Å². The maximum Gasteiger partial charge on any atom is 1.00 e. The summed E-state index contributed by atoms with van der Waals surface area (Å²) in [5.74, 6) is -1.17. The molecule has 0 spiro atoms. The van der Waals surface area contributed by atoms with E-state index in [0.29, 0.717) is 0 Å². The van der Waals surface area contributed by atoms with Crippen molar-refractivity contribution < 1.29 is 28.8 Å². The van der Waals surface area contributed by atoms with Gasteiger partial charge in [-0.3, -0.25) is 0 Å². The van der Waals surface area contributed by atoms with E-state index in [1.54, 1.807) is 0 Å². The largest absolute Gasteiger partial charge is 1.00 e. The fourth-order valence-corrected chi connectivity index (χ4v) is 0.728. The Kier molecular flexibility index (Phi) is 5.19. The summed E-state index contributed by atoms with van der Waals surface area (Å²) >= 11 is 0. The Hall–Kier alpha value is -0.973. The van der Waals surface area contributed by atoms with Gasteiger partial charge in [0.05, 0.1) is 5.97 Å². The Morgan fingerprint density at radius 3 is 2.33 bits per heavy atom. The Morgan fingerprint density at radius 1 is 1.25 bits per heavy atom. The van der Waals surface area contributed by atoms with Crippen LogP contribution in [-0.4, -0.2) is 5.97 Å². The Morgan fingerprint density at radius 2 is 1.83 bits per heavy atom. The van der Waals surface area contributed by atoms with E-state index in [9.17, 15) is 9.90 Å². The van der Waals surface area contributed by atoms with Crippen LogP contribution in [0, 0.1) is 0 Å². The van der Waals surface area contributed by atoms with Gasteiger partial charge in [0.25, 0.3) is 0 Å². The van der Waals surface area contributed by atoms with Crippen LogP contribution < -0.4 is 24.0 Å². The molecule has 0 aliphatic heterocycles. The van der Waals surface area contributed by atoms with Gasteiger partial charge in [-0.05, 0) is 11.6 Å². The molecule has 0 atom stereocenters. The first kappa shape index (κ1) is 11.0. The molecule has 1 aromatic rings. The molecule has 0 saturated heterocycles. The van der Waals surface area contributed by atoms with Gasteiger partial charge in [-0.25, -0.2) is 0 Å². The molecule has 0 amide bonds. The molecular weight excluding hydrogens is 147 g/mol. The van der Waals surface area contributed by atoms with Gasteiger partial charge in [-0.1, -0.05) is 36.4 Å². The molecule has 0 fully saturated rings. The molecule has 12 heavy (non-hydrogen) atoms. The van der Waals surface area contributed by atoms with E-state index in [1.807, 2.05) is 30.3 Å². The Labute approximate surface area is 83.1 Å². The summed E-state index contributed by atoms with van der Waals surface area (Å²) in [6.07, 6.45) is 2.50. The number of carbonyl (C=O) groups excluding carboxylic acids is 1. The van der Waals surface area contributed by atoms with Crippen LogP contribution in [-0.2, 0) is 4.79 Å². The van der Waals surface area contributed by atoms with E-state index in [4.69, 9.17) is 0 Å². The van der Waals surface area contributed by atoms with Crippen molar-refractivity contribution in [2.24, 2.45) is 0 Å². The first-order valence-corrected chi connectivity index (χ1v) is 3.23. The number of benzene rings is 1. The number of carboxylic acid groups (broad SMARTS) is 1. The van der Waals surface area contributed by atoms with Crippen LogP contribution in [0.15, 0.2) is 36.4 Å². The van der Waals surface area contributed by atoms with Crippen LogP contribution in [0.3, 0.4) is 0 Å². The third kappa shape index (κ3) is 4.02. The van der Waals surface area contributed by atoms with Crippen LogP contribution in [0.4, 0.5) is 0 Å². The molecule has 0 aliphatic carbocycles. The van der Waals surface area contributed by atoms with Gasteiger partial charge in [-0.15, -0.1) is 0 Å². The zero-order valence-electron chi connectivity index (χ0n) is 6.86. The first-order chi connectivity index (χ1) is 5.29. The van der Waals surface area contributed by atoms with Crippen molar-refractivity contribution in [3.8, 4) is 0 Å². The number of aliphatic carboxylic acids is 1. The number of carboxylic acids is 1. The second kappa shape index (κ2) is 5.65. The van der Waals surface area contributed by atoms with Crippen LogP contribution in [0.2, 0.25) is 0 Å². The third-order valence-corrected chi connectivity index (χ3v) is 1.21. The minimum absolute atomic E-state index is 0. The fraction of sp³-hybridized carbons (Fsp3) is 0. The average molecular weight is 154 g/mol. The summed E-state index contributed by atoms with van der Waals surface area (Å²) in [6.45, 7) is 0. The molecule has 0 saturated carbocycles. The topological polar surface area (TPSA) is 40.1 Å². The second-order valence-electron chi connectivity index (χ2n) is 2.06. The van der Waals surface area contributed by atoms with Crippen LogP contribution in [0.25, 0.3) is 6.08 Å². The minimum Gasteiger partial charge on any atom is -0.545 e. The van der Waals surface area contributed by atoms with E-state index >= 15 is 0 Å². The van der Waals surface area contributed by atoms with Gasteiger partial charge in [0.1, 0.15) is 0 Å². The monoisotopic (exact) mass is 154 g/mol. The van der Waals surface area contributed by atoms with Gasteiger partial charge in [0.2, 0.25) is 0 Å². The summed E-state index contributed by atoms with van der Waals surface area (Å²) in [5, 5.41) is 9.97. The zero-order chi connectivity index (χ0) is 8.10. The summed E-state index contributed by atoms with van der Waals surface area (Å²) in [6, 6.07) is 9.19. The van der Waals surface area contributed by atoms with Crippen molar-refractivity contribution in [2.45, 2.75) is 0 Å². The maximum atomic E-state index is 9.97. The van der Waals surface area contributed by atoms with Crippen molar-refractivity contribution in [2.75, 3.05) is 0 Å². The van der Waals surface area contributed by atoms with E-state index in [1.165, 1.54) is 6.08 Å². The Balaban J connectivity index is 0.00000121. The number of hydrogen-bond acceptors (Lipinski definition) is 2. The van der Waals surface area contributed by atoms with E-state index < -0.39 is 5.97 Å². The standard InChI is InChI=1S/C9H8O2.Li/c10-9(11)7-6-8-4-2-1-3-5-8;/h1-7H,(H,10,11);/q;+1/p-1/b7-6+;. The summed E-state index contributed by atoms with van der Waals surface area (Å²) in [4.78, 5) is 9.97. The molecule has 2 nitrogen and oxygen atoms in total. The molecule has 0 bridgehead atoms. The molecule has 56 valence electrons. The molecule has 0 unspecified atom stereocenters. The summed E-state index contributed by atoms with van der Waals surface area (Å²) < 4.78 is 0. The molecule has 0 radical (unpaired) electrons. The molecule has 1 rings (SSSR count). The first-order valence-electron chi connectivity index (χ1n) is 3.23. The quantitative estimate of drug-likeness (QED) is 0.347. The Bertz CT molecular complexity index is 267. The summed E-state index contributed by atoms with van der Waals surface area (Å²) in [7, 11) is 0. The van der Waals surface area contributed by atoms with E-state index in [-0.39, 0.29) is 18.9 Å². The SMILES string of the molecule is O=C([O-])/C=C/c1ccccc1.[Li+]. The van der Waals surface area contributed by atoms with Crippen LogP contribution in [0.5, 0.6) is 0 Å². The molecule has 1 aromatic carbocycles. The van der Waals surface area contributed by atoms with Crippen molar-refractivity contribution in [1.29, 1.82) is 0 Å². The van der Waals surface area contributed by atoms with Crippen LogP contribution in [0.1, 0.15) is 5.56 Å². The van der Waals surface area contributed by atoms with E-state index in [0.717, 1.165) is 11.6 Å². The second-order valence-corrected chi connectivity index (χ2v) is 2.06. The number of carbonyl (C=O) groups is 1. The normalized spacial score (nSPS) is 9.33. The minimum atomic E-state index is -1.17. The average Bonchev–Trinajstić information content (AvgIpc) is 2.03. The molecule has 0 heterocycles. The predicted octanol–water partition coefficient (Wildman–Crippen LogP) is -2.55. The van der Waals surface area contributed by atoms with Crippen molar-refractivity contribution in [3.63, 3.8) is 0 Å². The van der Waals surface area contributed by atoms with Gasteiger partial charge >= 0.3 is 18.9 Å². The van der Waals surface area contributed by atoms with Crippen LogP contribution >= 0.6 is 0 Å². The smallest absolute Gasteiger partial charge is 0.545 e. The fourth-order valence-electron chi connectivity index (χ4n) is 0.728. The van der Waals surface area contributed by atoms with Crippen molar-refractivity contribution in [3.05, 3.63) is 42.0 Å². The summed E-state index contributed by atoms with van der Waals surface area (Å²) in [5.41, 5.74) is 0.858. The molecular formula is C9H7LiO2. The predicted molar refractivity (Wildman–Crippen MR) is 40.5 cm³/mol. The zero-order valence-corrected chi connectivity index (χ0v) is 6.86. The van der Waals surface area contributed by atoms with Crippen molar-refractivity contribution >= 4 is 12.0 Å². The molecule has 3 heteroatoms. The molecule has 0 N–H and O–H groups in total. The number of rotatable bonds is 2. The van der Waals surface area contributed by atoms with Crippen molar-refractivity contribution in [1.82, 2.24) is 0 Å². The van der Waals surface area contributed by atoms with Gasteiger partial charge < -0.3 is 9.90 Å². The third-order valence-electron chi connectivity index (χ3n) is 1.21. The molecule has 0 aromatic heterocycles. The van der Waals surface area contributed by atoms with Gasteiger partial charge in [0.15, 0.2) is 0 Å². The molecule has 0 aliphatic rings. The van der Waals surface area contributed by atoms with Gasteiger partial charge in [0, 0.05) is 0 Å². The maximum absolute atomic E-state index is 9.97. The van der Waals surface area contributed by atoms with Gasteiger partial charge in [-0.2, -0.15) is 0 Å². The number of hydrogen-bond donors (Lipinski definition) is 0.